The van der Waals surface area contributed by atoms with E-state index in [-0.39, 0.29) is 11.1 Å². The molecule has 0 aliphatic carbocycles. The molecule has 0 radical (unpaired) electrons. The maximum absolute atomic E-state index is 12.9. The number of aryl methyl sites for hydroxylation is 2. The highest BCUT2D eigenvalue weighted by Gasteiger charge is 2.38. The van der Waals surface area contributed by atoms with E-state index in [0.717, 1.165) is 24.4 Å². The molecule has 0 aromatic carbocycles. The van der Waals surface area contributed by atoms with Crippen LogP contribution in [0.1, 0.15) is 30.4 Å². The summed E-state index contributed by atoms with van der Waals surface area (Å²) in [5.74, 6) is 1.41. The van der Waals surface area contributed by atoms with Crippen LogP contribution in [-0.4, -0.2) is 52.9 Å². The molecule has 1 saturated heterocycles. The van der Waals surface area contributed by atoms with Gasteiger partial charge in [-0.3, -0.25) is 0 Å². The van der Waals surface area contributed by atoms with Crippen LogP contribution in [0.25, 0.3) is 0 Å². The average Bonchev–Trinajstić information content (AvgIpc) is 3.15. The third kappa shape index (κ3) is 3.01. The van der Waals surface area contributed by atoms with Crippen molar-refractivity contribution >= 4 is 15.8 Å². The summed E-state index contributed by atoms with van der Waals surface area (Å²) < 4.78 is 29.0. The van der Waals surface area contributed by atoms with Gasteiger partial charge in [0.15, 0.2) is 5.03 Å². The minimum absolute atomic E-state index is 0.0792. The highest BCUT2D eigenvalue weighted by Crippen LogP contribution is 2.36. The molecule has 24 heavy (non-hydrogen) atoms. The largest absolute Gasteiger partial charge is 0.363 e. The molecule has 1 aliphatic rings. The molecule has 0 N–H and O–H groups in total. The normalized spacial score (nSPS) is 18.9. The fourth-order valence-corrected chi connectivity index (χ4v) is 4.58. The smallest absolute Gasteiger partial charge is 0.262 e. The van der Waals surface area contributed by atoms with Gasteiger partial charge in [-0.15, -0.1) is 0 Å². The Kier molecular flexibility index (Phi) is 4.31. The Bertz CT molecular complexity index is 845. The number of hydrogen-bond acceptors (Lipinski definition) is 6. The van der Waals surface area contributed by atoms with Gasteiger partial charge in [0.1, 0.15) is 11.6 Å². The lowest BCUT2D eigenvalue weighted by molar-refractivity contribution is 0.388. The van der Waals surface area contributed by atoms with Crippen LogP contribution in [0, 0.1) is 6.92 Å². The number of anilines is 1. The molecule has 3 rings (SSSR count). The van der Waals surface area contributed by atoms with Gasteiger partial charge in [-0.1, -0.05) is 0 Å². The van der Waals surface area contributed by atoms with E-state index in [0.29, 0.717) is 12.4 Å². The molecule has 8 nitrogen and oxygen atoms in total. The highest BCUT2D eigenvalue weighted by atomic mass is 32.2. The zero-order valence-corrected chi connectivity index (χ0v) is 15.2. The first-order valence-corrected chi connectivity index (χ1v) is 9.26. The van der Waals surface area contributed by atoms with E-state index in [2.05, 4.69) is 15.0 Å². The Labute approximate surface area is 142 Å². The quantitative estimate of drug-likeness (QED) is 0.821. The van der Waals surface area contributed by atoms with E-state index < -0.39 is 10.0 Å². The third-order valence-corrected chi connectivity index (χ3v) is 5.90. The maximum Gasteiger partial charge on any atom is 0.262 e. The number of hydrogen-bond donors (Lipinski definition) is 0. The van der Waals surface area contributed by atoms with Gasteiger partial charge in [-0.05, 0) is 19.8 Å². The van der Waals surface area contributed by atoms with E-state index in [9.17, 15) is 8.42 Å². The predicted molar refractivity (Wildman–Crippen MR) is 90.2 cm³/mol. The molecule has 1 fully saturated rings. The summed E-state index contributed by atoms with van der Waals surface area (Å²) in [5.41, 5.74) is 0.739. The van der Waals surface area contributed by atoms with Gasteiger partial charge in [-0.2, -0.15) is 4.31 Å². The first kappa shape index (κ1) is 16.8. The van der Waals surface area contributed by atoms with Crippen LogP contribution in [0.3, 0.4) is 0 Å². The summed E-state index contributed by atoms with van der Waals surface area (Å²) in [4.78, 5) is 14.8. The van der Waals surface area contributed by atoms with Crippen LogP contribution in [-0.2, 0) is 17.1 Å². The first-order valence-electron chi connectivity index (χ1n) is 7.82. The van der Waals surface area contributed by atoms with Crippen molar-refractivity contribution in [3.05, 3.63) is 30.1 Å². The second-order valence-electron chi connectivity index (χ2n) is 6.24. The predicted octanol–water partition coefficient (Wildman–Crippen LogP) is 1.11. The Morgan fingerprint density at radius 3 is 2.67 bits per heavy atom. The molecule has 0 saturated carbocycles. The minimum Gasteiger partial charge on any atom is -0.363 e. The van der Waals surface area contributed by atoms with Crippen LogP contribution in [0.2, 0.25) is 0 Å². The second-order valence-corrected chi connectivity index (χ2v) is 8.08. The van der Waals surface area contributed by atoms with E-state index in [1.807, 2.05) is 32.0 Å². The summed E-state index contributed by atoms with van der Waals surface area (Å²) in [5, 5.41) is 0.0792. The summed E-state index contributed by atoms with van der Waals surface area (Å²) in [6, 6.07) is 1.58. The molecular weight excluding hydrogens is 328 g/mol. The van der Waals surface area contributed by atoms with Crippen molar-refractivity contribution < 1.29 is 8.42 Å². The zero-order chi connectivity index (χ0) is 17.5. The summed E-state index contributed by atoms with van der Waals surface area (Å²) >= 11 is 0. The second kappa shape index (κ2) is 6.14. The number of imidazole rings is 1. The fourth-order valence-electron chi connectivity index (χ4n) is 2.94. The monoisotopic (exact) mass is 350 g/mol. The molecule has 3 heterocycles. The summed E-state index contributed by atoms with van der Waals surface area (Å²) in [7, 11) is 1.93. The van der Waals surface area contributed by atoms with E-state index in [4.69, 9.17) is 0 Å². The molecule has 0 bridgehead atoms. The Balaban J connectivity index is 2.00. The Morgan fingerprint density at radius 1 is 1.29 bits per heavy atom. The maximum atomic E-state index is 12.9. The average molecular weight is 350 g/mol. The van der Waals surface area contributed by atoms with Gasteiger partial charge < -0.3 is 9.47 Å². The van der Waals surface area contributed by atoms with Crippen molar-refractivity contribution in [3.8, 4) is 0 Å². The van der Waals surface area contributed by atoms with Gasteiger partial charge in [0.2, 0.25) is 0 Å². The lowest BCUT2D eigenvalue weighted by atomic mass is 10.1. The lowest BCUT2D eigenvalue weighted by Gasteiger charge is -2.24. The van der Waals surface area contributed by atoms with Gasteiger partial charge >= 0.3 is 0 Å². The molecule has 0 amide bonds. The van der Waals surface area contributed by atoms with E-state index in [1.54, 1.807) is 11.6 Å². The fraction of sp³-hybridized carbons (Fsp3) is 0.533. The van der Waals surface area contributed by atoms with Crippen molar-refractivity contribution in [1.82, 2.24) is 23.8 Å². The van der Waals surface area contributed by atoms with E-state index in [1.165, 1.54) is 16.8 Å². The standard InChI is InChI=1S/C15H22N6O2S/c1-11-17-12(8-14(18-11)19(2)3)13-6-5-7-21(13)24(22,23)15-9-20(4)10-16-15/h8-10,13H,5-7H2,1-4H3/t13-/m1/s1. The van der Waals surface area contributed by atoms with Crippen LogP contribution in [0.15, 0.2) is 23.6 Å². The topological polar surface area (TPSA) is 84.2 Å². The molecule has 2 aromatic heterocycles. The van der Waals surface area contributed by atoms with E-state index >= 15 is 0 Å². The molecule has 1 atom stereocenters. The molecule has 2 aromatic rings. The van der Waals surface area contributed by atoms with Crippen molar-refractivity contribution in [2.24, 2.45) is 7.05 Å². The molecule has 130 valence electrons. The van der Waals surface area contributed by atoms with Crippen LogP contribution < -0.4 is 4.90 Å². The number of sulfonamides is 1. The van der Waals surface area contributed by atoms with Gasteiger partial charge in [0, 0.05) is 40.0 Å². The Hall–Kier alpha value is -2.00. The van der Waals surface area contributed by atoms with Crippen molar-refractivity contribution in [1.29, 1.82) is 0 Å². The number of nitrogens with zero attached hydrogens (tertiary/aromatic N) is 6. The molecule has 0 unspecified atom stereocenters. The number of rotatable bonds is 4. The number of aromatic nitrogens is 4. The first-order chi connectivity index (χ1) is 11.3. The van der Waals surface area contributed by atoms with Crippen LogP contribution in [0.4, 0.5) is 5.82 Å². The van der Waals surface area contributed by atoms with Gasteiger partial charge in [-0.25, -0.2) is 23.4 Å². The van der Waals surface area contributed by atoms with Crippen molar-refractivity contribution in [2.75, 3.05) is 25.5 Å². The highest BCUT2D eigenvalue weighted by molar-refractivity contribution is 7.89. The van der Waals surface area contributed by atoms with Crippen molar-refractivity contribution in [3.63, 3.8) is 0 Å². The molecule has 1 aliphatic heterocycles. The zero-order valence-electron chi connectivity index (χ0n) is 14.3. The van der Waals surface area contributed by atoms with Crippen LogP contribution in [0.5, 0.6) is 0 Å². The van der Waals surface area contributed by atoms with Gasteiger partial charge in [0.25, 0.3) is 10.0 Å². The Morgan fingerprint density at radius 2 is 2.04 bits per heavy atom. The molecular formula is C15H22N6O2S. The SMILES string of the molecule is Cc1nc([C@H]2CCCN2S(=O)(=O)c2cn(C)cn2)cc(N(C)C)n1. The van der Waals surface area contributed by atoms with Crippen molar-refractivity contribution in [2.45, 2.75) is 30.8 Å². The lowest BCUT2D eigenvalue weighted by Crippen LogP contribution is -2.31. The summed E-state index contributed by atoms with van der Waals surface area (Å²) in [6.07, 6.45) is 4.57. The molecule has 9 heteroatoms. The minimum atomic E-state index is -3.63. The summed E-state index contributed by atoms with van der Waals surface area (Å²) in [6.45, 7) is 2.30. The van der Waals surface area contributed by atoms with Gasteiger partial charge in [0.05, 0.1) is 18.1 Å². The third-order valence-electron chi connectivity index (χ3n) is 4.10. The molecule has 0 spiro atoms. The van der Waals surface area contributed by atoms with Crippen LogP contribution >= 0.6 is 0 Å².